The van der Waals surface area contributed by atoms with E-state index in [0.717, 1.165) is 22.2 Å². The van der Waals surface area contributed by atoms with Gasteiger partial charge < -0.3 is 5.32 Å². The Balaban J connectivity index is 1.49. The summed E-state index contributed by atoms with van der Waals surface area (Å²) in [4.78, 5) is 29.7. The molecule has 31 heavy (non-hydrogen) atoms. The minimum Gasteiger partial charge on any atom is -0.354 e. The SMILES string of the molecule is Cc1cccc(Cn2c(=O)n(CCNC(=O)Cc3ccc(F)cc3)c3ncccc32)c1. The molecular weight excluding hydrogens is 395 g/mol. The number of amides is 1. The van der Waals surface area contributed by atoms with E-state index in [1.54, 1.807) is 27.5 Å². The van der Waals surface area contributed by atoms with Crippen LogP contribution in [0.1, 0.15) is 16.7 Å². The number of hydrogen-bond donors (Lipinski definition) is 1. The third-order valence-electron chi connectivity index (χ3n) is 5.13. The highest BCUT2D eigenvalue weighted by Gasteiger charge is 2.14. The fraction of sp³-hybridized carbons (Fsp3) is 0.208. The smallest absolute Gasteiger partial charge is 0.330 e. The molecule has 0 spiro atoms. The average molecular weight is 418 g/mol. The molecule has 0 unspecified atom stereocenters. The summed E-state index contributed by atoms with van der Waals surface area (Å²) >= 11 is 0. The van der Waals surface area contributed by atoms with Crippen molar-refractivity contribution in [2.75, 3.05) is 6.54 Å². The van der Waals surface area contributed by atoms with Crippen LogP contribution in [0.5, 0.6) is 0 Å². The molecule has 0 bridgehead atoms. The molecule has 0 fully saturated rings. The largest absolute Gasteiger partial charge is 0.354 e. The van der Waals surface area contributed by atoms with E-state index in [0.29, 0.717) is 25.3 Å². The number of halogens is 1. The maximum atomic E-state index is 13.1. The molecule has 7 heteroatoms. The van der Waals surface area contributed by atoms with Gasteiger partial charge in [0.05, 0.1) is 18.5 Å². The Morgan fingerprint density at radius 2 is 1.84 bits per heavy atom. The lowest BCUT2D eigenvalue weighted by molar-refractivity contribution is -0.120. The molecule has 1 amide bonds. The van der Waals surface area contributed by atoms with Crippen LogP contribution in [0.15, 0.2) is 71.7 Å². The average Bonchev–Trinajstić information content (AvgIpc) is 3.01. The topological polar surface area (TPSA) is 68.9 Å². The lowest BCUT2D eigenvalue weighted by Gasteiger charge is -2.06. The maximum Gasteiger partial charge on any atom is 0.330 e. The van der Waals surface area contributed by atoms with E-state index in [4.69, 9.17) is 0 Å². The summed E-state index contributed by atoms with van der Waals surface area (Å²) in [5.74, 6) is -0.519. The van der Waals surface area contributed by atoms with E-state index in [2.05, 4.69) is 16.4 Å². The first-order valence-electron chi connectivity index (χ1n) is 10.1. The zero-order chi connectivity index (χ0) is 21.8. The van der Waals surface area contributed by atoms with Crippen LogP contribution in [-0.4, -0.2) is 26.6 Å². The van der Waals surface area contributed by atoms with Crippen molar-refractivity contribution in [3.05, 3.63) is 99.9 Å². The highest BCUT2D eigenvalue weighted by molar-refractivity contribution is 5.78. The van der Waals surface area contributed by atoms with Crippen LogP contribution in [0.2, 0.25) is 0 Å². The van der Waals surface area contributed by atoms with Crippen molar-refractivity contribution in [2.24, 2.45) is 0 Å². The molecule has 0 aliphatic rings. The molecule has 6 nitrogen and oxygen atoms in total. The number of hydrogen-bond acceptors (Lipinski definition) is 3. The van der Waals surface area contributed by atoms with Crippen molar-refractivity contribution in [2.45, 2.75) is 26.4 Å². The molecule has 1 N–H and O–H groups in total. The molecule has 2 heterocycles. The van der Waals surface area contributed by atoms with Gasteiger partial charge in [-0.25, -0.2) is 14.2 Å². The summed E-state index contributed by atoms with van der Waals surface area (Å²) in [5.41, 5.74) is 4.09. The number of carbonyl (C=O) groups is 1. The van der Waals surface area contributed by atoms with Crippen molar-refractivity contribution >= 4 is 17.1 Å². The third kappa shape index (κ3) is 4.71. The summed E-state index contributed by atoms with van der Waals surface area (Å²) in [6.07, 6.45) is 1.81. The minimum absolute atomic E-state index is 0.155. The number of nitrogens with one attached hydrogen (secondary N) is 1. The number of nitrogens with zero attached hydrogens (tertiary/aromatic N) is 3. The normalized spacial score (nSPS) is 11.0. The van der Waals surface area contributed by atoms with Gasteiger partial charge in [0.25, 0.3) is 0 Å². The maximum absolute atomic E-state index is 13.1. The van der Waals surface area contributed by atoms with Gasteiger partial charge in [-0.2, -0.15) is 0 Å². The molecule has 0 radical (unpaired) electrons. The van der Waals surface area contributed by atoms with Crippen LogP contribution in [0, 0.1) is 12.7 Å². The van der Waals surface area contributed by atoms with Gasteiger partial charge in [0.1, 0.15) is 5.82 Å². The second kappa shape index (κ2) is 8.95. The molecule has 4 aromatic rings. The lowest BCUT2D eigenvalue weighted by Crippen LogP contribution is -2.32. The van der Waals surface area contributed by atoms with Crippen molar-refractivity contribution in [3.8, 4) is 0 Å². The van der Waals surface area contributed by atoms with Crippen LogP contribution in [0.25, 0.3) is 11.2 Å². The predicted molar refractivity (Wildman–Crippen MR) is 117 cm³/mol. The van der Waals surface area contributed by atoms with Crippen LogP contribution in [-0.2, 0) is 24.3 Å². The van der Waals surface area contributed by atoms with Crippen molar-refractivity contribution in [3.63, 3.8) is 0 Å². The highest BCUT2D eigenvalue weighted by atomic mass is 19.1. The van der Waals surface area contributed by atoms with E-state index >= 15 is 0 Å². The standard InChI is InChI=1S/C24H23FN4O2/c1-17-4-2-5-19(14-17)16-29-21-6-3-11-27-23(21)28(24(29)31)13-12-26-22(30)15-18-7-9-20(25)10-8-18/h2-11,14H,12-13,15-16H2,1H3,(H,26,30). The Labute approximate surface area is 179 Å². The second-order valence-corrected chi connectivity index (χ2v) is 7.51. The number of rotatable bonds is 7. The number of carbonyl (C=O) groups excluding carboxylic acids is 1. The first-order valence-corrected chi connectivity index (χ1v) is 10.1. The van der Waals surface area contributed by atoms with E-state index in [1.165, 1.54) is 12.1 Å². The molecule has 0 saturated carbocycles. The molecule has 0 aliphatic carbocycles. The van der Waals surface area contributed by atoms with E-state index in [1.807, 2.05) is 37.3 Å². The third-order valence-corrected chi connectivity index (χ3v) is 5.13. The molecule has 2 aromatic carbocycles. The summed E-state index contributed by atoms with van der Waals surface area (Å²) < 4.78 is 16.3. The number of fused-ring (bicyclic) bond motifs is 1. The monoisotopic (exact) mass is 418 g/mol. The van der Waals surface area contributed by atoms with Gasteiger partial charge >= 0.3 is 5.69 Å². The van der Waals surface area contributed by atoms with Crippen molar-refractivity contribution in [1.29, 1.82) is 0 Å². The lowest BCUT2D eigenvalue weighted by atomic mass is 10.1. The zero-order valence-electron chi connectivity index (χ0n) is 17.2. The fourth-order valence-corrected chi connectivity index (χ4v) is 3.65. The first-order chi connectivity index (χ1) is 15.0. The summed E-state index contributed by atoms with van der Waals surface area (Å²) in [6.45, 7) is 3.07. The quantitative estimate of drug-likeness (QED) is 0.502. The van der Waals surface area contributed by atoms with Gasteiger partial charge in [0.15, 0.2) is 5.65 Å². The minimum atomic E-state index is -0.335. The van der Waals surface area contributed by atoms with Gasteiger partial charge in [-0.15, -0.1) is 0 Å². The van der Waals surface area contributed by atoms with Crippen molar-refractivity contribution in [1.82, 2.24) is 19.4 Å². The van der Waals surface area contributed by atoms with Gasteiger partial charge in [0, 0.05) is 19.3 Å². The fourth-order valence-electron chi connectivity index (χ4n) is 3.65. The van der Waals surface area contributed by atoms with E-state index in [9.17, 15) is 14.0 Å². The van der Waals surface area contributed by atoms with Gasteiger partial charge in [-0.1, -0.05) is 42.0 Å². The Kier molecular flexibility index (Phi) is 5.93. The molecule has 0 aliphatic heterocycles. The molecule has 4 rings (SSSR count). The summed E-state index contributed by atoms with van der Waals surface area (Å²) in [6, 6.07) is 17.6. The molecule has 0 atom stereocenters. The first kappa shape index (κ1) is 20.5. The van der Waals surface area contributed by atoms with E-state index in [-0.39, 0.29) is 23.8 Å². The van der Waals surface area contributed by atoms with Crippen LogP contribution in [0.4, 0.5) is 4.39 Å². The van der Waals surface area contributed by atoms with Crippen molar-refractivity contribution < 1.29 is 9.18 Å². The second-order valence-electron chi connectivity index (χ2n) is 7.51. The van der Waals surface area contributed by atoms with Crippen LogP contribution >= 0.6 is 0 Å². The Morgan fingerprint density at radius 1 is 1.03 bits per heavy atom. The summed E-state index contributed by atoms with van der Waals surface area (Å²) in [7, 11) is 0. The Morgan fingerprint density at radius 3 is 2.61 bits per heavy atom. The number of aromatic nitrogens is 3. The molecular formula is C24H23FN4O2. The Bertz CT molecular complexity index is 1270. The Hall–Kier alpha value is -3.74. The van der Waals surface area contributed by atoms with Gasteiger partial charge in [-0.05, 0) is 42.3 Å². The number of imidazole rings is 1. The van der Waals surface area contributed by atoms with Crippen LogP contribution < -0.4 is 11.0 Å². The number of aryl methyl sites for hydroxylation is 1. The van der Waals surface area contributed by atoms with E-state index < -0.39 is 0 Å². The molecule has 0 saturated heterocycles. The van der Waals surface area contributed by atoms with Gasteiger partial charge in [0.2, 0.25) is 5.91 Å². The predicted octanol–water partition coefficient (Wildman–Crippen LogP) is 3.05. The van der Waals surface area contributed by atoms with Gasteiger partial charge in [-0.3, -0.25) is 13.9 Å². The molecule has 2 aromatic heterocycles. The zero-order valence-corrected chi connectivity index (χ0v) is 17.2. The highest BCUT2D eigenvalue weighted by Crippen LogP contribution is 2.13. The number of pyridine rings is 1. The molecule has 158 valence electrons. The number of benzene rings is 2. The van der Waals surface area contributed by atoms with Crippen LogP contribution in [0.3, 0.4) is 0 Å². The summed E-state index contributed by atoms with van der Waals surface area (Å²) in [5, 5.41) is 2.82.